The van der Waals surface area contributed by atoms with Crippen LogP contribution in [0, 0.1) is 0 Å². The Morgan fingerprint density at radius 2 is 2.00 bits per heavy atom. The van der Waals surface area contributed by atoms with Crippen LogP contribution in [0.4, 0.5) is 4.79 Å². The summed E-state index contributed by atoms with van der Waals surface area (Å²) in [6, 6.07) is 6.78. The van der Waals surface area contributed by atoms with Gasteiger partial charge in [-0.1, -0.05) is 12.1 Å². The number of hydrogen-bond donors (Lipinski definition) is 2. The van der Waals surface area contributed by atoms with Crippen molar-refractivity contribution < 1.29 is 19.1 Å². The molecule has 3 amide bonds. The molecule has 0 aliphatic carbocycles. The monoisotopic (exact) mass is 378 g/mol. The third kappa shape index (κ3) is 5.48. The van der Waals surface area contributed by atoms with Gasteiger partial charge < -0.3 is 14.6 Å². The molecule has 1 aromatic heterocycles. The Morgan fingerprint density at radius 3 is 2.69 bits per heavy atom. The number of para-hydroxylation sites is 2. The highest BCUT2D eigenvalue weighted by Gasteiger charge is 2.16. The fraction of sp³-hybridized carbons (Fsp3) is 0.412. The number of aromatic nitrogens is 2. The molecule has 0 unspecified atom stereocenters. The zero-order chi connectivity index (χ0) is 19.1. The molecule has 9 heteroatoms. The van der Waals surface area contributed by atoms with E-state index in [1.54, 1.807) is 30.2 Å². The molecule has 0 fully saturated rings. The van der Waals surface area contributed by atoms with Gasteiger partial charge in [0.25, 0.3) is 5.91 Å². The molecule has 140 valence electrons. The number of ether oxygens (including phenoxy) is 1. The predicted molar refractivity (Wildman–Crippen MR) is 99.7 cm³/mol. The van der Waals surface area contributed by atoms with Crippen LogP contribution < -0.4 is 10.6 Å². The first-order chi connectivity index (χ1) is 12.4. The Morgan fingerprint density at radius 1 is 1.27 bits per heavy atom. The molecular formula is C17H22N4O4S. The first-order valence-electron chi connectivity index (χ1n) is 8.09. The molecule has 8 nitrogen and oxygen atoms in total. The minimum atomic E-state index is -0.684. The van der Waals surface area contributed by atoms with Crippen molar-refractivity contribution in [3.05, 3.63) is 30.1 Å². The highest BCUT2D eigenvalue weighted by molar-refractivity contribution is 7.97. The van der Waals surface area contributed by atoms with Gasteiger partial charge in [-0.05, 0) is 32.2 Å². The summed E-state index contributed by atoms with van der Waals surface area (Å²) >= 11 is 1.60. The summed E-state index contributed by atoms with van der Waals surface area (Å²) in [5.74, 6) is 0.153. The lowest BCUT2D eigenvalue weighted by atomic mass is 10.3. The maximum absolute atomic E-state index is 12.1. The number of amides is 3. The summed E-state index contributed by atoms with van der Waals surface area (Å²) in [5, 5.41) is 4.61. The van der Waals surface area contributed by atoms with Crippen LogP contribution in [0.3, 0.4) is 0 Å². The fourth-order valence-electron chi connectivity index (χ4n) is 2.32. The van der Waals surface area contributed by atoms with E-state index >= 15 is 0 Å². The zero-order valence-corrected chi connectivity index (χ0v) is 15.8. The summed E-state index contributed by atoms with van der Waals surface area (Å²) < 4.78 is 6.75. The number of fused-ring (bicyclic) bond motifs is 1. The van der Waals surface area contributed by atoms with Crippen molar-refractivity contribution in [1.82, 2.24) is 20.2 Å². The van der Waals surface area contributed by atoms with Gasteiger partial charge in [-0.15, -0.1) is 0 Å². The van der Waals surface area contributed by atoms with Crippen molar-refractivity contribution in [2.24, 2.45) is 0 Å². The molecule has 0 spiro atoms. The third-order valence-corrected chi connectivity index (χ3v) is 3.88. The predicted octanol–water partition coefficient (Wildman–Crippen LogP) is 1.68. The van der Waals surface area contributed by atoms with E-state index in [0.717, 1.165) is 16.9 Å². The van der Waals surface area contributed by atoms with E-state index in [9.17, 15) is 14.4 Å². The number of thioether (sulfide) groups is 1. The molecule has 2 rings (SSSR count). The van der Waals surface area contributed by atoms with Gasteiger partial charge in [-0.3, -0.25) is 14.9 Å². The minimum absolute atomic E-state index is 0.0537. The number of imidazole rings is 1. The smallest absolute Gasteiger partial charge is 0.326 e. The molecule has 0 aliphatic rings. The molecular weight excluding hydrogens is 356 g/mol. The molecule has 0 saturated heterocycles. The second-order valence-corrected chi connectivity index (χ2v) is 6.74. The van der Waals surface area contributed by atoms with Gasteiger partial charge in [-0.25, -0.2) is 9.78 Å². The third-order valence-electron chi connectivity index (χ3n) is 3.33. The van der Waals surface area contributed by atoms with Gasteiger partial charge in [0.15, 0.2) is 6.61 Å². The lowest BCUT2D eigenvalue weighted by Gasteiger charge is -2.10. The Labute approximate surface area is 155 Å². The van der Waals surface area contributed by atoms with Gasteiger partial charge in [0.2, 0.25) is 0 Å². The Bertz CT molecular complexity index is 803. The molecule has 0 saturated carbocycles. The summed E-state index contributed by atoms with van der Waals surface area (Å²) in [5.41, 5.74) is 1.63. The summed E-state index contributed by atoms with van der Waals surface area (Å²) in [6.07, 6.45) is 1.95. The van der Waals surface area contributed by atoms with Crippen molar-refractivity contribution in [1.29, 1.82) is 0 Å². The number of hydrogen-bond acceptors (Lipinski definition) is 6. The maximum atomic E-state index is 12.1. The number of nitrogens with one attached hydrogen (secondary N) is 2. The van der Waals surface area contributed by atoms with Crippen LogP contribution in [0.5, 0.6) is 0 Å². The van der Waals surface area contributed by atoms with Crippen LogP contribution in [-0.2, 0) is 26.6 Å². The van der Waals surface area contributed by atoms with E-state index < -0.39 is 24.5 Å². The fourth-order valence-corrected chi connectivity index (χ4v) is 2.80. The Kier molecular flexibility index (Phi) is 7.02. The molecule has 0 atom stereocenters. The summed E-state index contributed by atoms with van der Waals surface area (Å²) in [7, 11) is 0. The highest BCUT2D eigenvalue weighted by atomic mass is 32.2. The highest BCUT2D eigenvalue weighted by Crippen LogP contribution is 2.19. The van der Waals surface area contributed by atoms with Gasteiger partial charge in [0, 0.05) is 6.04 Å². The van der Waals surface area contributed by atoms with Crippen molar-refractivity contribution >= 4 is 40.7 Å². The molecule has 0 aliphatic heterocycles. The standard InChI is InChI=1S/C17H22N4O4S/c1-11(2)18-17(24)20-15(22)9-25-16(23)8-21-13-7-5-4-6-12(13)19-14(21)10-26-3/h4-7,11H,8-10H2,1-3H3,(H2,18,20,22,24). The van der Waals surface area contributed by atoms with Crippen molar-refractivity contribution in [2.45, 2.75) is 32.2 Å². The van der Waals surface area contributed by atoms with Crippen LogP contribution in [0.1, 0.15) is 19.7 Å². The average Bonchev–Trinajstić information content (AvgIpc) is 2.90. The topological polar surface area (TPSA) is 102 Å². The molecule has 26 heavy (non-hydrogen) atoms. The number of carbonyl (C=O) groups excluding carboxylic acids is 3. The van der Waals surface area contributed by atoms with Gasteiger partial charge >= 0.3 is 12.0 Å². The summed E-state index contributed by atoms with van der Waals surface area (Å²) in [4.78, 5) is 39.7. The second-order valence-electron chi connectivity index (χ2n) is 5.87. The summed E-state index contributed by atoms with van der Waals surface area (Å²) in [6.45, 7) is 2.97. The van der Waals surface area contributed by atoms with Crippen molar-refractivity contribution in [3.8, 4) is 0 Å². The molecule has 2 N–H and O–H groups in total. The van der Waals surface area contributed by atoms with E-state index in [4.69, 9.17) is 4.74 Å². The van der Waals surface area contributed by atoms with Crippen LogP contribution in [0.15, 0.2) is 24.3 Å². The van der Waals surface area contributed by atoms with E-state index in [-0.39, 0.29) is 12.6 Å². The number of carbonyl (C=O) groups is 3. The minimum Gasteiger partial charge on any atom is -0.454 e. The Balaban J connectivity index is 1.95. The number of urea groups is 1. The van der Waals surface area contributed by atoms with E-state index in [1.165, 1.54) is 0 Å². The maximum Gasteiger partial charge on any atom is 0.326 e. The lowest BCUT2D eigenvalue weighted by Crippen LogP contribution is -2.44. The number of esters is 1. The van der Waals surface area contributed by atoms with E-state index in [0.29, 0.717) is 5.75 Å². The largest absolute Gasteiger partial charge is 0.454 e. The zero-order valence-electron chi connectivity index (χ0n) is 14.9. The molecule has 2 aromatic rings. The van der Waals surface area contributed by atoms with Crippen LogP contribution in [0.25, 0.3) is 11.0 Å². The molecule has 1 aromatic carbocycles. The van der Waals surface area contributed by atoms with Crippen LogP contribution in [-0.4, -0.2) is 46.4 Å². The average molecular weight is 378 g/mol. The molecule has 0 bridgehead atoms. The van der Waals surface area contributed by atoms with Crippen molar-refractivity contribution in [3.63, 3.8) is 0 Å². The van der Waals surface area contributed by atoms with E-state index in [1.807, 2.05) is 30.5 Å². The van der Waals surface area contributed by atoms with Crippen LogP contribution in [0.2, 0.25) is 0 Å². The van der Waals surface area contributed by atoms with Gasteiger partial charge in [0.1, 0.15) is 12.4 Å². The number of benzene rings is 1. The lowest BCUT2D eigenvalue weighted by molar-refractivity contribution is -0.148. The number of imide groups is 1. The Hall–Kier alpha value is -2.55. The normalized spacial score (nSPS) is 10.8. The molecule has 0 radical (unpaired) electrons. The van der Waals surface area contributed by atoms with Gasteiger partial charge in [0.05, 0.1) is 16.8 Å². The van der Waals surface area contributed by atoms with Crippen molar-refractivity contribution in [2.75, 3.05) is 12.9 Å². The quantitative estimate of drug-likeness (QED) is 0.711. The van der Waals surface area contributed by atoms with E-state index in [2.05, 4.69) is 15.6 Å². The van der Waals surface area contributed by atoms with Crippen LogP contribution >= 0.6 is 11.8 Å². The van der Waals surface area contributed by atoms with Gasteiger partial charge in [-0.2, -0.15) is 11.8 Å². The second kappa shape index (κ2) is 9.23. The number of rotatable bonds is 7. The SMILES string of the molecule is CSCc1nc2ccccc2n1CC(=O)OCC(=O)NC(=O)NC(C)C. The number of nitrogens with zero attached hydrogens (tertiary/aromatic N) is 2. The molecule has 1 heterocycles. The first-order valence-corrected chi connectivity index (χ1v) is 9.49. The first kappa shape index (κ1) is 19.8.